The Labute approximate surface area is 211 Å². The fraction of sp³-hybridized carbons (Fsp3) is 0.429. The van der Waals surface area contributed by atoms with Crippen molar-refractivity contribution in [2.75, 3.05) is 7.11 Å². The molecular formula is C28H34N6O2. The lowest BCUT2D eigenvalue weighted by molar-refractivity contribution is 0.123. The van der Waals surface area contributed by atoms with Crippen LogP contribution < -0.4 is 10.3 Å². The number of aromatic amines is 1. The molecule has 1 aliphatic carbocycles. The van der Waals surface area contributed by atoms with E-state index < -0.39 is 0 Å². The van der Waals surface area contributed by atoms with E-state index in [0.717, 1.165) is 35.3 Å². The molecular weight excluding hydrogens is 452 g/mol. The molecule has 5 rings (SSSR count). The number of rotatable bonds is 9. The van der Waals surface area contributed by atoms with Gasteiger partial charge in [-0.25, -0.2) is 4.68 Å². The summed E-state index contributed by atoms with van der Waals surface area (Å²) in [6.07, 6.45) is 4.63. The molecule has 2 aromatic carbocycles. The SMILES string of the molecule is COc1ccc2[nH]c(=O)c(CN(Cc3ccccc3)C(c3nnnn3C3CCCC3)C(C)C)cc2c1. The fourth-order valence-corrected chi connectivity index (χ4v) is 5.45. The number of tetrazole rings is 1. The van der Waals surface area contributed by atoms with Crippen LogP contribution >= 0.6 is 0 Å². The Morgan fingerprint density at radius 1 is 1.08 bits per heavy atom. The van der Waals surface area contributed by atoms with E-state index in [4.69, 9.17) is 4.74 Å². The summed E-state index contributed by atoms with van der Waals surface area (Å²) in [5.41, 5.74) is 2.60. The zero-order valence-corrected chi connectivity index (χ0v) is 21.2. The van der Waals surface area contributed by atoms with Gasteiger partial charge in [0.15, 0.2) is 5.82 Å². The standard InChI is InChI=1S/C28H34N6O2/c1-19(2)26(27-30-31-32-34(27)23-11-7-8-12-23)33(17-20-9-5-4-6-10-20)18-22-15-21-16-24(36-3)13-14-25(21)29-28(22)35/h4-6,9-10,13-16,19,23,26H,7-8,11-12,17-18H2,1-3H3,(H,29,35). The maximum Gasteiger partial charge on any atom is 0.252 e. The molecule has 1 aliphatic rings. The summed E-state index contributed by atoms with van der Waals surface area (Å²) in [7, 11) is 1.65. The lowest BCUT2D eigenvalue weighted by Crippen LogP contribution is -2.35. The Balaban J connectivity index is 1.56. The number of benzene rings is 2. The minimum atomic E-state index is -0.0800. The van der Waals surface area contributed by atoms with Gasteiger partial charge in [-0.15, -0.1) is 5.10 Å². The van der Waals surface area contributed by atoms with E-state index in [0.29, 0.717) is 24.7 Å². The largest absolute Gasteiger partial charge is 0.497 e. The quantitative estimate of drug-likeness (QED) is 0.357. The van der Waals surface area contributed by atoms with Gasteiger partial charge in [0.2, 0.25) is 0 Å². The molecule has 1 unspecified atom stereocenters. The van der Waals surface area contributed by atoms with Crippen molar-refractivity contribution in [2.45, 2.75) is 64.7 Å². The third-order valence-electron chi connectivity index (χ3n) is 7.21. The number of aromatic nitrogens is 5. The molecule has 1 atom stereocenters. The maximum atomic E-state index is 13.2. The van der Waals surface area contributed by atoms with Gasteiger partial charge in [-0.3, -0.25) is 9.69 Å². The summed E-state index contributed by atoms with van der Waals surface area (Å²) in [6, 6.07) is 18.3. The van der Waals surface area contributed by atoms with Crippen LogP contribution in [0.25, 0.3) is 10.9 Å². The predicted molar refractivity (Wildman–Crippen MR) is 140 cm³/mol. The number of hydrogen-bond acceptors (Lipinski definition) is 6. The average Bonchev–Trinajstić information content (AvgIpc) is 3.57. The number of fused-ring (bicyclic) bond motifs is 1. The van der Waals surface area contributed by atoms with Gasteiger partial charge in [-0.1, -0.05) is 57.0 Å². The van der Waals surface area contributed by atoms with Crippen molar-refractivity contribution in [3.63, 3.8) is 0 Å². The van der Waals surface area contributed by atoms with Crippen molar-refractivity contribution >= 4 is 10.9 Å². The zero-order valence-electron chi connectivity index (χ0n) is 21.2. The van der Waals surface area contributed by atoms with E-state index in [1.807, 2.05) is 35.0 Å². The molecule has 1 saturated carbocycles. The summed E-state index contributed by atoms with van der Waals surface area (Å²) < 4.78 is 7.45. The van der Waals surface area contributed by atoms with Crippen molar-refractivity contribution in [3.05, 3.63) is 81.9 Å². The minimum absolute atomic E-state index is 0.0544. The molecule has 1 N–H and O–H groups in total. The summed E-state index contributed by atoms with van der Waals surface area (Å²) >= 11 is 0. The van der Waals surface area contributed by atoms with Crippen molar-refractivity contribution < 1.29 is 4.74 Å². The number of H-pyrrole nitrogens is 1. The van der Waals surface area contributed by atoms with Crippen LogP contribution in [-0.2, 0) is 13.1 Å². The Morgan fingerprint density at radius 2 is 1.86 bits per heavy atom. The molecule has 36 heavy (non-hydrogen) atoms. The second-order valence-electron chi connectivity index (χ2n) is 10.1. The van der Waals surface area contributed by atoms with Crippen LogP contribution in [0, 0.1) is 5.92 Å². The van der Waals surface area contributed by atoms with Crippen LogP contribution in [-0.4, -0.2) is 37.2 Å². The second-order valence-corrected chi connectivity index (χ2v) is 10.1. The van der Waals surface area contributed by atoms with Crippen LogP contribution in [0.2, 0.25) is 0 Å². The molecule has 4 aromatic rings. The predicted octanol–water partition coefficient (Wildman–Crippen LogP) is 5.04. The minimum Gasteiger partial charge on any atom is -0.497 e. The summed E-state index contributed by atoms with van der Waals surface area (Å²) in [4.78, 5) is 18.6. The molecule has 0 bridgehead atoms. The first-order valence-electron chi connectivity index (χ1n) is 12.8. The highest BCUT2D eigenvalue weighted by Gasteiger charge is 2.32. The number of nitrogens with zero attached hydrogens (tertiary/aromatic N) is 5. The van der Waals surface area contributed by atoms with Gasteiger partial charge in [-0.2, -0.15) is 0 Å². The monoisotopic (exact) mass is 486 g/mol. The molecule has 0 saturated heterocycles. The van der Waals surface area contributed by atoms with Crippen LogP contribution in [0.4, 0.5) is 0 Å². The van der Waals surface area contributed by atoms with Gasteiger partial charge >= 0.3 is 0 Å². The van der Waals surface area contributed by atoms with Crippen molar-refractivity contribution in [3.8, 4) is 5.75 Å². The molecule has 0 radical (unpaired) electrons. The number of methoxy groups -OCH3 is 1. The summed E-state index contributed by atoms with van der Waals surface area (Å²) in [5, 5.41) is 14.0. The molecule has 1 fully saturated rings. The maximum absolute atomic E-state index is 13.2. The lowest BCUT2D eigenvalue weighted by Gasteiger charge is -2.34. The lowest BCUT2D eigenvalue weighted by atomic mass is 9.99. The van der Waals surface area contributed by atoms with Crippen molar-refractivity contribution in [1.82, 2.24) is 30.1 Å². The molecule has 2 aromatic heterocycles. The number of hydrogen-bond donors (Lipinski definition) is 1. The Hall–Kier alpha value is -3.52. The molecule has 2 heterocycles. The Morgan fingerprint density at radius 3 is 2.58 bits per heavy atom. The third-order valence-corrected chi connectivity index (χ3v) is 7.21. The topological polar surface area (TPSA) is 88.9 Å². The molecule has 0 aliphatic heterocycles. The molecule has 0 spiro atoms. The van der Waals surface area contributed by atoms with Gasteiger partial charge in [-0.05, 0) is 59.0 Å². The van der Waals surface area contributed by atoms with Gasteiger partial charge in [0.1, 0.15) is 5.75 Å². The second kappa shape index (κ2) is 10.6. The highest BCUT2D eigenvalue weighted by atomic mass is 16.5. The van der Waals surface area contributed by atoms with Crippen molar-refractivity contribution in [2.24, 2.45) is 5.92 Å². The average molecular weight is 487 g/mol. The summed E-state index contributed by atoms with van der Waals surface area (Å²) in [5.74, 6) is 1.88. The van der Waals surface area contributed by atoms with Gasteiger partial charge < -0.3 is 9.72 Å². The summed E-state index contributed by atoms with van der Waals surface area (Å²) in [6.45, 7) is 5.55. The van der Waals surface area contributed by atoms with E-state index in [2.05, 4.69) is 63.5 Å². The zero-order chi connectivity index (χ0) is 25.1. The van der Waals surface area contributed by atoms with E-state index >= 15 is 0 Å². The first-order valence-corrected chi connectivity index (χ1v) is 12.8. The molecule has 8 nitrogen and oxygen atoms in total. The van der Waals surface area contributed by atoms with E-state index in [9.17, 15) is 4.79 Å². The number of ether oxygens (including phenoxy) is 1. The Kier molecular flexibility index (Phi) is 7.13. The van der Waals surface area contributed by atoms with Crippen LogP contribution in [0.3, 0.4) is 0 Å². The van der Waals surface area contributed by atoms with Crippen LogP contribution in [0.5, 0.6) is 5.75 Å². The fourth-order valence-electron chi connectivity index (χ4n) is 5.45. The highest BCUT2D eigenvalue weighted by Crippen LogP contribution is 2.35. The molecule has 0 amide bonds. The number of nitrogens with one attached hydrogen (secondary N) is 1. The van der Waals surface area contributed by atoms with E-state index in [1.54, 1.807) is 7.11 Å². The third kappa shape index (κ3) is 5.04. The smallest absolute Gasteiger partial charge is 0.252 e. The van der Waals surface area contributed by atoms with Crippen molar-refractivity contribution in [1.29, 1.82) is 0 Å². The normalized spacial score (nSPS) is 15.2. The van der Waals surface area contributed by atoms with Crippen LogP contribution in [0.15, 0.2) is 59.4 Å². The molecule has 188 valence electrons. The van der Waals surface area contributed by atoms with E-state index in [-0.39, 0.29) is 17.5 Å². The number of pyridine rings is 1. The highest BCUT2D eigenvalue weighted by molar-refractivity contribution is 5.80. The van der Waals surface area contributed by atoms with Gasteiger partial charge in [0, 0.05) is 29.6 Å². The van der Waals surface area contributed by atoms with Gasteiger partial charge in [0.25, 0.3) is 5.56 Å². The van der Waals surface area contributed by atoms with Crippen LogP contribution in [0.1, 0.15) is 68.6 Å². The van der Waals surface area contributed by atoms with E-state index in [1.165, 1.54) is 18.4 Å². The van der Waals surface area contributed by atoms with Gasteiger partial charge in [0.05, 0.1) is 19.2 Å². The molecule has 8 heteroatoms. The first kappa shape index (κ1) is 24.2. The first-order chi connectivity index (χ1) is 17.5. The Bertz CT molecular complexity index is 1360.